The summed E-state index contributed by atoms with van der Waals surface area (Å²) < 4.78 is 73.5. The number of aromatic nitrogens is 1. The summed E-state index contributed by atoms with van der Waals surface area (Å²) >= 11 is 0. The average molecular weight is 500 g/mol. The van der Waals surface area contributed by atoms with E-state index in [4.69, 9.17) is 4.74 Å². The Morgan fingerprint density at radius 1 is 1.00 bits per heavy atom. The molecular formula is C25H20F3N3O3S. The van der Waals surface area contributed by atoms with Gasteiger partial charge in [0.2, 0.25) is 0 Å². The molecule has 0 aliphatic heterocycles. The molecule has 1 atom stereocenters. The predicted octanol–water partition coefficient (Wildman–Crippen LogP) is 5.56. The van der Waals surface area contributed by atoms with Crippen molar-refractivity contribution in [3.05, 3.63) is 89.2 Å². The number of nitrogens with one attached hydrogen (secondary N) is 2. The first kappa shape index (κ1) is 23.0. The summed E-state index contributed by atoms with van der Waals surface area (Å²) in [6.07, 6.45) is 1.83. The third-order valence-corrected chi connectivity index (χ3v) is 7.34. The van der Waals surface area contributed by atoms with Gasteiger partial charge in [0, 0.05) is 5.39 Å². The minimum Gasteiger partial charge on any atom is -0.497 e. The Bertz CT molecular complexity index is 1540. The van der Waals surface area contributed by atoms with E-state index in [9.17, 15) is 21.6 Å². The molecule has 2 N–H and O–H groups in total. The molecule has 1 aliphatic carbocycles. The number of anilines is 2. The first-order valence-corrected chi connectivity index (χ1v) is 12.2. The summed E-state index contributed by atoms with van der Waals surface area (Å²) in [7, 11) is -2.76. The van der Waals surface area contributed by atoms with E-state index in [2.05, 4.69) is 21.1 Å². The van der Waals surface area contributed by atoms with Crippen molar-refractivity contribution in [3.63, 3.8) is 0 Å². The fraction of sp³-hybridized carbons (Fsp3) is 0.160. The van der Waals surface area contributed by atoms with Crippen LogP contribution >= 0.6 is 0 Å². The van der Waals surface area contributed by atoms with Crippen molar-refractivity contribution in [1.82, 2.24) is 4.98 Å². The second kappa shape index (κ2) is 8.77. The first-order chi connectivity index (χ1) is 16.7. The minimum absolute atomic E-state index is 0.0509. The number of rotatable bonds is 6. The fourth-order valence-electron chi connectivity index (χ4n) is 4.25. The molecule has 5 rings (SSSR count). The number of ether oxygens (including phenoxy) is 1. The normalized spacial score (nSPS) is 15.1. The lowest BCUT2D eigenvalue weighted by Crippen LogP contribution is -2.14. The SMILES string of the molecule is COc1ccc2c(c1)C(Nc1ccc3c(NS(=O)(=O)c4cc(F)c(F)c(F)c4)cccc3n1)CC2. The van der Waals surface area contributed by atoms with E-state index >= 15 is 0 Å². The smallest absolute Gasteiger partial charge is 0.262 e. The van der Waals surface area contributed by atoms with Crippen LogP contribution in [-0.4, -0.2) is 20.5 Å². The van der Waals surface area contributed by atoms with Crippen LogP contribution in [0.1, 0.15) is 23.6 Å². The summed E-state index contributed by atoms with van der Waals surface area (Å²) in [6.45, 7) is 0. The zero-order valence-electron chi connectivity index (χ0n) is 18.5. The van der Waals surface area contributed by atoms with Gasteiger partial charge in [-0.1, -0.05) is 12.1 Å². The molecule has 1 heterocycles. The number of halogens is 3. The average Bonchev–Trinajstić information content (AvgIpc) is 3.23. The van der Waals surface area contributed by atoms with Gasteiger partial charge < -0.3 is 10.1 Å². The molecule has 4 aromatic rings. The number of sulfonamides is 1. The number of hydrogen-bond acceptors (Lipinski definition) is 5. The highest BCUT2D eigenvalue weighted by Gasteiger charge is 2.24. The van der Waals surface area contributed by atoms with E-state index in [0.29, 0.717) is 28.9 Å². The van der Waals surface area contributed by atoms with E-state index in [0.717, 1.165) is 24.2 Å². The van der Waals surface area contributed by atoms with Gasteiger partial charge in [0.05, 0.1) is 29.3 Å². The number of methoxy groups -OCH3 is 1. The van der Waals surface area contributed by atoms with Crippen molar-refractivity contribution in [3.8, 4) is 5.75 Å². The van der Waals surface area contributed by atoms with Crippen LogP contribution in [-0.2, 0) is 16.4 Å². The van der Waals surface area contributed by atoms with Crippen molar-refractivity contribution in [2.24, 2.45) is 0 Å². The van der Waals surface area contributed by atoms with Crippen LogP contribution in [0.3, 0.4) is 0 Å². The van der Waals surface area contributed by atoms with Crippen LogP contribution in [0, 0.1) is 17.5 Å². The van der Waals surface area contributed by atoms with Crippen LogP contribution in [0.5, 0.6) is 5.75 Å². The maximum atomic E-state index is 13.6. The fourth-order valence-corrected chi connectivity index (χ4v) is 5.35. The Labute approximate surface area is 199 Å². The Morgan fingerprint density at radius 2 is 1.77 bits per heavy atom. The van der Waals surface area contributed by atoms with Crippen molar-refractivity contribution in [2.75, 3.05) is 17.1 Å². The van der Waals surface area contributed by atoms with Gasteiger partial charge in [-0.15, -0.1) is 0 Å². The van der Waals surface area contributed by atoms with E-state index in [1.54, 1.807) is 31.4 Å². The van der Waals surface area contributed by atoms with Gasteiger partial charge in [0.25, 0.3) is 10.0 Å². The molecule has 35 heavy (non-hydrogen) atoms. The summed E-state index contributed by atoms with van der Waals surface area (Å²) in [6, 6.07) is 15.2. The molecule has 0 fully saturated rings. The Hall–Kier alpha value is -3.79. The number of benzene rings is 3. The maximum Gasteiger partial charge on any atom is 0.262 e. The lowest BCUT2D eigenvalue weighted by molar-refractivity contribution is 0.414. The van der Waals surface area contributed by atoms with Crippen molar-refractivity contribution in [1.29, 1.82) is 0 Å². The zero-order valence-corrected chi connectivity index (χ0v) is 19.3. The molecule has 1 aromatic heterocycles. The molecule has 180 valence electrons. The molecule has 3 aromatic carbocycles. The Balaban J connectivity index is 1.42. The third kappa shape index (κ3) is 4.37. The van der Waals surface area contributed by atoms with Crippen molar-refractivity contribution < 1.29 is 26.3 Å². The highest BCUT2D eigenvalue weighted by atomic mass is 32.2. The summed E-state index contributed by atoms with van der Waals surface area (Å²) in [5.74, 6) is -3.53. The lowest BCUT2D eigenvalue weighted by Gasteiger charge is -2.16. The van der Waals surface area contributed by atoms with E-state index in [1.807, 2.05) is 12.1 Å². The molecule has 0 bridgehead atoms. The van der Waals surface area contributed by atoms with E-state index < -0.39 is 32.4 Å². The summed E-state index contributed by atoms with van der Waals surface area (Å²) in [4.78, 5) is 3.88. The molecule has 1 unspecified atom stereocenters. The molecule has 0 saturated heterocycles. The standard InChI is InChI=1S/C25H20F3N3O3S/c1-34-15-7-5-14-6-9-22(18(14)11-15)30-24-10-8-17-21(29-24)3-2-4-23(17)31-35(32,33)16-12-19(26)25(28)20(27)13-16/h2-5,7-8,10-13,22,31H,6,9H2,1H3,(H,29,30). The maximum absolute atomic E-state index is 13.6. The van der Waals surface area contributed by atoms with Crippen LogP contribution in [0.25, 0.3) is 10.9 Å². The van der Waals surface area contributed by atoms with Gasteiger partial charge in [-0.25, -0.2) is 26.6 Å². The molecule has 0 amide bonds. The number of pyridine rings is 1. The number of aryl methyl sites for hydroxylation is 1. The first-order valence-electron chi connectivity index (χ1n) is 10.8. The molecule has 1 aliphatic rings. The van der Waals surface area contributed by atoms with E-state index in [1.165, 1.54) is 11.6 Å². The van der Waals surface area contributed by atoms with Crippen molar-refractivity contribution in [2.45, 2.75) is 23.8 Å². The highest BCUT2D eigenvalue weighted by Crippen LogP contribution is 2.36. The molecule has 10 heteroatoms. The molecule has 0 saturated carbocycles. The lowest BCUT2D eigenvalue weighted by atomic mass is 10.1. The Kier molecular flexibility index (Phi) is 5.76. The van der Waals surface area contributed by atoms with Crippen LogP contribution in [0.4, 0.5) is 24.7 Å². The molecule has 0 spiro atoms. The second-order valence-corrected chi connectivity index (χ2v) is 9.86. The number of fused-ring (bicyclic) bond motifs is 2. The van der Waals surface area contributed by atoms with E-state index in [-0.39, 0.29) is 11.7 Å². The summed E-state index contributed by atoms with van der Waals surface area (Å²) in [5.41, 5.74) is 3.07. The van der Waals surface area contributed by atoms with Gasteiger partial charge in [0.1, 0.15) is 11.6 Å². The molecule has 6 nitrogen and oxygen atoms in total. The topological polar surface area (TPSA) is 80.3 Å². The zero-order chi connectivity index (χ0) is 24.7. The molecular weight excluding hydrogens is 479 g/mol. The van der Waals surface area contributed by atoms with Crippen molar-refractivity contribution >= 4 is 32.4 Å². The van der Waals surface area contributed by atoms with Gasteiger partial charge in [0.15, 0.2) is 17.5 Å². The van der Waals surface area contributed by atoms with Crippen LogP contribution in [0.15, 0.2) is 65.6 Å². The van der Waals surface area contributed by atoms with Crippen LogP contribution in [0.2, 0.25) is 0 Å². The number of nitrogens with zero attached hydrogens (tertiary/aromatic N) is 1. The van der Waals surface area contributed by atoms with Gasteiger partial charge in [-0.2, -0.15) is 0 Å². The minimum atomic E-state index is -4.39. The predicted molar refractivity (Wildman–Crippen MR) is 127 cm³/mol. The second-order valence-electron chi connectivity index (χ2n) is 8.18. The number of hydrogen-bond donors (Lipinski definition) is 2. The highest BCUT2D eigenvalue weighted by molar-refractivity contribution is 7.92. The van der Waals surface area contributed by atoms with Gasteiger partial charge in [-0.05, 0) is 72.5 Å². The van der Waals surface area contributed by atoms with Crippen LogP contribution < -0.4 is 14.8 Å². The monoisotopic (exact) mass is 499 g/mol. The quantitative estimate of drug-likeness (QED) is 0.340. The Morgan fingerprint density at radius 3 is 2.51 bits per heavy atom. The largest absolute Gasteiger partial charge is 0.497 e. The summed E-state index contributed by atoms with van der Waals surface area (Å²) in [5, 5.41) is 3.91. The van der Waals surface area contributed by atoms with Gasteiger partial charge in [-0.3, -0.25) is 4.72 Å². The molecule has 0 radical (unpaired) electrons. The third-order valence-electron chi connectivity index (χ3n) is 6.00. The van der Waals surface area contributed by atoms with Gasteiger partial charge >= 0.3 is 0 Å².